The van der Waals surface area contributed by atoms with Crippen molar-refractivity contribution in [1.82, 2.24) is 25.0 Å². The van der Waals surface area contributed by atoms with E-state index in [1.54, 1.807) is 42.2 Å². The van der Waals surface area contributed by atoms with Crippen LogP contribution >= 0.6 is 0 Å². The van der Waals surface area contributed by atoms with Crippen molar-refractivity contribution < 1.29 is 13.7 Å². The van der Waals surface area contributed by atoms with Gasteiger partial charge >= 0.3 is 0 Å². The summed E-state index contributed by atoms with van der Waals surface area (Å²) in [6, 6.07) is 11.7. The number of H-pyrrole nitrogens is 1. The maximum Gasteiger partial charge on any atom is 0.258 e. The Hall–Kier alpha value is -3.88. The van der Waals surface area contributed by atoms with E-state index in [-0.39, 0.29) is 48.5 Å². The lowest BCUT2D eigenvalue weighted by atomic mass is 10.1. The lowest BCUT2D eigenvalue weighted by Crippen LogP contribution is -2.37. The lowest BCUT2D eigenvalue weighted by Gasteiger charge is -2.26. The lowest BCUT2D eigenvalue weighted by molar-refractivity contribution is -0.133. The summed E-state index contributed by atoms with van der Waals surface area (Å²) >= 11 is 0. The minimum absolute atomic E-state index is 0.108. The Bertz CT molecular complexity index is 1360. The van der Waals surface area contributed by atoms with Crippen molar-refractivity contribution in [2.45, 2.75) is 46.2 Å². The first-order valence-corrected chi connectivity index (χ1v) is 10.7. The van der Waals surface area contributed by atoms with Crippen molar-refractivity contribution in [2.24, 2.45) is 0 Å². The first-order valence-electron chi connectivity index (χ1n) is 10.7. The molecule has 4 aromatic rings. The first-order chi connectivity index (χ1) is 15.8. The van der Waals surface area contributed by atoms with Crippen LogP contribution in [0, 0.1) is 12.7 Å². The summed E-state index contributed by atoms with van der Waals surface area (Å²) in [7, 11) is 0. The number of aromatic nitrogens is 4. The van der Waals surface area contributed by atoms with E-state index in [1.807, 2.05) is 19.9 Å². The molecule has 2 aromatic heterocycles. The van der Waals surface area contributed by atoms with Gasteiger partial charge in [-0.3, -0.25) is 9.59 Å². The van der Waals surface area contributed by atoms with Crippen molar-refractivity contribution in [3.8, 4) is 11.4 Å². The molecule has 0 saturated heterocycles. The number of aromatic amines is 1. The highest BCUT2D eigenvalue weighted by molar-refractivity contribution is 5.78. The van der Waals surface area contributed by atoms with E-state index in [1.165, 1.54) is 6.07 Å². The highest BCUT2D eigenvalue weighted by Gasteiger charge is 2.20. The van der Waals surface area contributed by atoms with Gasteiger partial charge in [-0.25, -0.2) is 9.37 Å². The number of nitrogens with one attached hydrogen (secondary N) is 1. The smallest absolute Gasteiger partial charge is 0.258 e. The topological polar surface area (TPSA) is 105 Å². The number of benzene rings is 2. The average molecular weight is 449 g/mol. The van der Waals surface area contributed by atoms with Crippen molar-refractivity contribution in [1.29, 1.82) is 0 Å². The molecule has 2 heterocycles. The van der Waals surface area contributed by atoms with Crippen LogP contribution in [0.2, 0.25) is 0 Å². The molecular weight excluding hydrogens is 425 g/mol. The highest BCUT2D eigenvalue weighted by atomic mass is 19.1. The van der Waals surface area contributed by atoms with Gasteiger partial charge in [-0.15, -0.1) is 0 Å². The van der Waals surface area contributed by atoms with Crippen LogP contribution < -0.4 is 5.56 Å². The third-order valence-corrected chi connectivity index (χ3v) is 5.38. The Balaban J connectivity index is 1.45. The molecule has 0 bridgehead atoms. The summed E-state index contributed by atoms with van der Waals surface area (Å²) in [4.78, 5) is 38.4. The molecule has 0 aliphatic carbocycles. The van der Waals surface area contributed by atoms with Crippen LogP contribution in [0.5, 0.6) is 0 Å². The number of hydrogen-bond donors (Lipinski definition) is 1. The van der Waals surface area contributed by atoms with Crippen molar-refractivity contribution in [3.05, 3.63) is 75.9 Å². The minimum Gasteiger partial charge on any atom is -0.339 e. The van der Waals surface area contributed by atoms with Crippen molar-refractivity contribution in [3.63, 3.8) is 0 Å². The third-order valence-electron chi connectivity index (χ3n) is 5.38. The fraction of sp³-hybridized carbons (Fsp3) is 0.292. The maximum atomic E-state index is 13.8. The third kappa shape index (κ3) is 4.97. The second kappa shape index (κ2) is 9.32. The summed E-state index contributed by atoms with van der Waals surface area (Å²) in [5.41, 5.74) is 1.38. The van der Waals surface area contributed by atoms with Gasteiger partial charge in [0.25, 0.3) is 5.56 Å². The van der Waals surface area contributed by atoms with Crippen LogP contribution in [-0.2, 0) is 17.8 Å². The Morgan fingerprint density at radius 1 is 1.18 bits per heavy atom. The molecule has 4 rings (SSSR count). The summed E-state index contributed by atoms with van der Waals surface area (Å²) in [5.74, 6) is 0.501. The molecule has 0 unspecified atom stereocenters. The van der Waals surface area contributed by atoms with E-state index in [4.69, 9.17) is 4.52 Å². The number of amides is 1. The zero-order valence-corrected chi connectivity index (χ0v) is 18.6. The van der Waals surface area contributed by atoms with Crippen molar-refractivity contribution in [2.75, 3.05) is 0 Å². The van der Waals surface area contributed by atoms with E-state index < -0.39 is 0 Å². The molecule has 0 radical (unpaired) electrons. The van der Waals surface area contributed by atoms with Crippen LogP contribution in [0.15, 0.2) is 51.8 Å². The number of nitrogens with zero attached hydrogens (tertiary/aromatic N) is 4. The van der Waals surface area contributed by atoms with E-state index in [2.05, 4.69) is 20.1 Å². The summed E-state index contributed by atoms with van der Waals surface area (Å²) in [6.07, 6.45) is 0.380. The van der Waals surface area contributed by atoms with Gasteiger partial charge in [0.05, 0.1) is 17.4 Å². The number of carbonyl (C=O) groups excluding carboxylic acids is 1. The number of carbonyl (C=O) groups is 1. The summed E-state index contributed by atoms with van der Waals surface area (Å²) in [6.45, 7) is 5.64. The van der Waals surface area contributed by atoms with Gasteiger partial charge in [-0.1, -0.05) is 29.4 Å². The van der Waals surface area contributed by atoms with E-state index >= 15 is 0 Å². The second-order valence-corrected chi connectivity index (χ2v) is 8.12. The summed E-state index contributed by atoms with van der Waals surface area (Å²) in [5, 5.41) is 4.40. The molecule has 2 aromatic carbocycles. The van der Waals surface area contributed by atoms with Crippen LogP contribution in [0.4, 0.5) is 4.39 Å². The molecule has 0 aliphatic rings. The number of fused-ring (bicyclic) bond motifs is 1. The zero-order valence-electron chi connectivity index (χ0n) is 18.6. The molecule has 8 nitrogen and oxygen atoms in total. The largest absolute Gasteiger partial charge is 0.339 e. The van der Waals surface area contributed by atoms with E-state index in [9.17, 15) is 14.0 Å². The molecule has 0 spiro atoms. The molecule has 9 heteroatoms. The van der Waals surface area contributed by atoms with Gasteiger partial charge in [0, 0.05) is 24.4 Å². The fourth-order valence-electron chi connectivity index (χ4n) is 3.49. The van der Waals surface area contributed by atoms with Crippen LogP contribution in [0.1, 0.15) is 37.5 Å². The van der Waals surface area contributed by atoms with Gasteiger partial charge in [0.1, 0.15) is 11.6 Å². The SMILES string of the molecule is Cc1ccc(-c2noc(CCC(=O)N(Cc3nc4ccccc4c(=O)[nH]3)C(C)C)n2)cc1F. The molecule has 0 aliphatic heterocycles. The molecule has 33 heavy (non-hydrogen) atoms. The molecular formula is C24H24FN5O3. The quantitative estimate of drug-likeness (QED) is 0.460. The highest BCUT2D eigenvalue weighted by Crippen LogP contribution is 2.20. The normalized spacial score (nSPS) is 11.3. The summed E-state index contributed by atoms with van der Waals surface area (Å²) < 4.78 is 19.1. The molecule has 0 fully saturated rings. The number of hydrogen-bond acceptors (Lipinski definition) is 6. The monoisotopic (exact) mass is 449 g/mol. The van der Waals surface area contributed by atoms with Crippen molar-refractivity contribution >= 4 is 16.8 Å². The Morgan fingerprint density at radius 2 is 1.97 bits per heavy atom. The standard InChI is InChI=1S/C24H24FN5O3/c1-14(2)30(13-20-26-19-7-5-4-6-17(19)24(32)27-20)22(31)11-10-21-28-23(29-33-21)16-9-8-15(3)18(25)12-16/h4-9,12,14H,10-11,13H2,1-3H3,(H,26,27,32). The number of para-hydroxylation sites is 1. The maximum absolute atomic E-state index is 13.8. The number of aryl methyl sites for hydroxylation is 2. The van der Waals surface area contributed by atoms with Gasteiger partial charge in [-0.05, 0) is 44.5 Å². The number of rotatable bonds is 7. The van der Waals surface area contributed by atoms with E-state index in [0.717, 1.165) is 0 Å². The predicted molar refractivity (Wildman–Crippen MR) is 121 cm³/mol. The minimum atomic E-state index is -0.345. The zero-order chi connectivity index (χ0) is 23.5. The first kappa shape index (κ1) is 22.3. The van der Waals surface area contributed by atoms with Gasteiger partial charge in [0.15, 0.2) is 0 Å². The average Bonchev–Trinajstić information content (AvgIpc) is 3.26. The number of halogens is 1. The second-order valence-electron chi connectivity index (χ2n) is 8.12. The van der Waals surface area contributed by atoms with Crippen LogP contribution in [-0.4, -0.2) is 37.0 Å². The Labute approximate surface area is 189 Å². The fourth-order valence-corrected chi connectivity index (χ4v) is 3.49. The Kier molecular flexibility index (Phi) is 6.30. The Morgan fingerprint density at radius 3 is 2.73 bits per heavy atom. The van der Waals surface area contributed by atoms with E-state index in [0.29, 0.717) is 33.7 Å². The van der Waals surface area contributed by atoms with Crippen LogP contribution in [0.3, 0.4) is 0 Å². The van der Waals surface area contributed by atoms with Crippen LogP contribution in [0.25, 0.3) is 22.3 Å². The van der Waals surface area contributed by atoms with Gasteiger partial charge in [-0.2, -0.15) is 4.98 Å². The van der Waals surface area contributed by atoms with Gasteiger partial charge < -0.3 is 14.4 Å². The molecule has 1 N–H and O–H groups in total. The predicted octanol–water partition coefficient (Wildman–Crippen LogP) is 3.79. The van der Waals surface area contributed by atoms with Gasteiger partial charge in [0.2, 0.25) is 17.6 Å². The molecule has 0 atom stereocenters. The molecule has 0 saturated carbocycles. The molecule has 1 amide bonds. The molecule has 170 valence electrons.